The van der Waals surface area contributed by atoms with Crippen LogP contribution in [-0.2, 0) is 19.4 Å². The van der Waals surface area contributed by atoms with Crippen LogP contribution in [0.4, 0.5) is 0 Å². The van der Waals surface area contributed by atoms with Crippen LogP contribution in [0.15, 0.2) is 33.8 Å². The molecule has 2 heterocycles. The van der Waals surface area contributed by atoms with Crippen molar-refractivity contribution in [2.24, 2.45) is 10.7 Å². The SMILES string of the molecule is I.NC(=NCc1noc2c1CCCC2)NC1CCOc2ccccc21. The van der Waals surface area contributed by atoms with E-state index < -0.39 is 0 Å². The second-order valence-corrected chi connectivity index (χ2v) is 6.31. The van der Waals surface area contributed by atoms with Gasteiger partial charge in [0.15, 0.2) is 5.96 Å². The molecule has 0 radical (unpaired) electrons. The van der Waals surface area contributed by atoms with Crippen LogP contribution in [0, 0.1) is 0 Å². The normalized spacial score (nSPS) is 19.2. The highest BCUT2D eigenvalue weighted by molar-refractivity contribution is 14.0. The van der Waals surface area contributed by atoms with Crippen LogP contribution in [-0.4, -0.2) is 17.7 Å². The zero-order chi connectivity index (χ0) is 16.4. The maximum atomic E-state index is 6.09. The van der Waals surface area contributed by atoms with Gasteiger partial charge in [-0.1, -0.05) is 23.4 Å². The van der Waals surface area contributed by atoms with Gasteiger partial charge in [0.25, 0.3) is 0 Å². The molecule has 3 N–H and O–H groups in total. The van der Waals surface area contributed by atoms with Crippen molar-refractivity contribution < 1.29 is 9.26 Å². The highest BCUT2D eigenvalue weighted by Gasteiger charge is 2.22. The van der Waals surface area contributed by atoms with Crippen molar-refractivity contribution in [3.05, 3.63) is 46.8 Å². The molecule has 1 aromatic heterocycles. The van der Waals surface area contributed by atoms with Crippen molar-refractivity contribution in [3.63, 3.8) is 0 Å². The van der Waals surface area contributed by atoms with Crippen LogP contribution in [0.3, 0.4) is 0 Å². The number of aromatic nitrogens is 1. The summed E-state index contributed by atoms with van der Waals surface area (Å²) in [6, 6.07) is 8.17. The van der Waals surface area contributed by atoms with Crippen molar-refractivity contribution in [3.8, 4) is 5.75 Å². The van der Waals surface area contributed by atoms with E-state index in [0.29, 0.717) is 19.1 Å². The van der Waals surface area contributed by atoms with Crippen LogP contribution in [0.1, 0.15) is 47.9 Å². The van der Waals surface area contributed by atoms with Gasteiger partial charge in [-0.25, -0.2) is 4.99 Å². The molecule has 1 unspecified atom stereocenters. The lowest BCUT2D eigenvalue weighted by atomic mass is 9.96. The summed E-state index contributed by atoms with van der Waals surface area (Å²) >= 11 is 0. The van der Waals surface area contributed by atoms with Crippen LogP contribution in [0.25, 0.3) is 0 Å². The summed E-state index contributed by atoms with van der Waals surface area (Å²) in [5.74, 6) is 2.38. The minimum absolute atomic E-state index is 0. The van der Waals surface area contributed by atoms with Crippen molar-refractivity contribution >= 4 is 29.9 Å². The third-order valence-electron chi connectivity index (χ3n) is 4.71. The van der Waals surface area contributed by atoms with Gasteiger partial charge in [-0.15, -0.1) is 24.0 Å². The Morgan fingerprint density at radius 2 is 2.12 bits per heavy atom. The second-order valence-electron chi connectivity index (χ2n) is 6.31. The first-order chi connectivity index (χ1) is 11.8. The van der Waals surface area contributed by atoms with E-state index in [1.54, 1.807) is 0 Å². The predicted molar refractivity (Wildman–Crippen MR) is 106 cm³/mol. The lowest BCUT2D eigenvalue weighted by molar-refractivity contribution is 0.262. The zero-order valence-electron chi connectivity index (χ0n) is 14.0. The molecule has 1 aromatic carbocycles. The molecule has 0 saturated carbocycles. The fourth-order valence-electron chi connectivity index (χ4n) is 3.45. The quantitative estimate of drug-likeness (QED) is 0.423. The van der Waals surface area contributed by atoms with E-state index in [2.05, 4.69) is 21.5 Å². The number of ether oxygens (including phenoxy) is 1. The first-order valence-electron chi connectivity index (χ1n) is 8.56. The highest BCUT2D eigenvalue weighted by atomic mass is 127. The summed E-state index contributed by atoms with van der Waals surface area (Å²) in [4.78, 5) is 4.46. The number of benzene rings is 1. The molecule has 7 heteroatoms. The Bertz CT molecular complexity index is 759. The van der Waals surface area contributed by atoms with Gasteiger partial charge >= 0.3 is 0 Å². The van der Waals surface area contributed by atoms with Crippen LogP contribution in [0.2, 0.25) is 0 Å². The second kappa shape index (κ2) is 8.07. The molecular weight excluding hydrogens is 431 g/mol. The van der Waals surface area contributed by atoms with Gasteiger partial charge in [-0.2, -0.15) is 0 Å². The van der Waals surface area contributed by atoms with Crippen LogP contribution >= 0.6 is 24.0 Å². The first-order valence-corrected chi connectivity index (χ1v) is 8.56. The molecular formula is C18H23IN4O2. The van der Waals surface area contributed by atoms with E-state index in [1.807, 2.05) is 18.2 Å². The molecule has 2 aromatic rings. The van der Waals surface area contributed by atoms with Gasteiger partial charge in [0.05, 0.1) is 19.2 Å². The summed E-state index contributed by atoms with van der Waals surface area (Å²) < 4.78 is 11.1. The average Bonchev–Trinajstić information content (AvgIpc) is 3.04. The number of hydrogen-bond donors (Lipinski definition) is 2. The summed E-state index contributed by atoms with van der Waals surface area (Å²) in [6.45, 7) is 1.14. The molecule has 134 valence electrons. The van der Waals surface area contributed by atoms with Crippen LogP contribution < -0.4 is 15.8 Å². The molecule has 0 bridgehead atoms. The van der Waals surface area contributed by atoms with Crippen molar-refractivity contribution in [1.82, 2.24) is 10.5 Å². The number of guanidine groups is 1. The summed E-state index contributed by atoms with van der Waals surface area (Å²) in [5, 5.41) is 7.47. The molecule has 1 atom stereocenters. The number of halogens is 1. The molecule has 1 aliphatic carbocycles. The molecule has 0 spiro atoms. The van der Waals surface area contributed by atoms with E-state index in [9.17, 15) is 0 Å². The van der Waals surface area contributed by atoms with Gasteiger partial charge in [0.1, 0.15) is 17.2 Å². The Balaban J connectivity index is 0.00000182. The third kappa shape index (κ3) is 3.91. The Labute approximate surface area is 164 Å². The Morgan fingerprint density at radius 1 is 1.28 bits per heavy atom. The number of hydrogen-bond acceptors (Lipinski definition) is 4. The van der Waals surface area contributed by atoms with E-state index in [1.165, 1.54) is 18.4 Å². The van der Waals surface area contributed by atoms with E-state index >= 15 is 0 Å². The van der Waals surface area contributed by atoms with E-state index in [4.69, 9.17) is 15.0 Å². The fraction of sp³-hybridized carbons (Fsp3) is 0.444. The number of fused-ring (bicyclic) bond motifs is 2. The topological polar surface area (TPSA) is 85.7 Å². The molecule has 6 nitrogen and oxygen atoms in total. The molecule has 25 heavy (non-hydrogen) atoms. The maximum Gasteiger partial charge on any atom is 0.189 e. The van der Waals surface area contributed by atoms with Gasteiger partial charge in [-0.05, 0) is 25.3 Å². The van der Waals surface area contributed by atoms with Gasteiger partial charge in [-0.3, -0.25) is 0 Å². The Hall–Kier alpha value is -1.77. The van der Waals surface area contributed by atoms with Gasteiger partial charge in [0.2, 0.25) is 0 Å². The first kappa shape index (κ1) is 18.0. The predicted octanol–water partition coefficient (Wildman–Crippen LogP) is 3.10. The third-order valence-corrected chi connectivity index (χ3v) is 4.71. The zero-order valence-corrected chi connectivity index (χ0v) is 16.4. The molecule has 0 saturated heterocycles. The summed E-state index contributed by atoms with van der Waals surface area (Å²) in [6.07, 6.45) is 5.25. The standard InChI is InChI=1S/C18H22N4O2.HI/c19-18(20-11-15-13-6-2-4-8-17(13)24-22-15)21-14-9-10-23-16-7-3-1-5-12(14)16;/h1,3,5,7,14H,2,4,6,8-11H2,(H3,19,20,21);1H. The monoisotopic (exact) mass is 454 g/mol. The number of rotatable bonds is 3. The Kier molecular flexibility index (Phi) is 5.82. The van der Waals surface area contributed by atoms with Crippen molar-refractivity contribution in [1.29, 1.82) is 0 Å². The lowest BCUT2D eigenvalue weighted by Crippen LogP contribution is -2.37. The van der Waals surface area contributed by atoms with Crippen LogP contribution in [0.5, 0.6) is 5.75 Å². The molecule has 2 aliphatic rings. The minimum atomic E-state index is 0. The number of nitrogens with zero attached hydrogens (tertiary/aromatic N) is 2. The lowest BCUT2D eigenvalue weighted by Gasteiger charge is -2.26. The molecule has 1 aliphatic heterocycles. The summed E-state index contributed by atoms with van der Waals surface area (Å²) in [5.41, 5.74) is 9.37. The molecule has 0 fully saturated rings. The van der Waals surface area contributed by atoms with E-state index in [-0.39, 0.29) is 30.0 Å². The number of aliphatic imine (C=N–C) groups is 1. The fourth-order valence-corrected chi connectivity index (χ4v) is 3.45. The maximum absolute atomic E-state index is 6.09. The highest BCUT2D eigenvalue weighted by Crippen LogP contribution is 2.31. The smallest absolute Gasteiger partial charge is 0.189 e. The number of aryl methyl sites for hydroxylation is 1. The van der Waals surface area contributed by atoms with Crippen molar-refractivity contribution in [2.45, 2.75) is 44.7 Å². The van der Waals surface area contributed by atoms with Gasteiger partial charge < -0.3 is 20.3 Å². The largest absolute Gasteiger partial charge is 0.493 e. The Morgan fingerprint density at radius 3 is 3.04 bits per heavy atom. The molecule has 4 rings (SSSR count). The number of nitrogens with two attached hydrogens (primary N) is 1. The van der Waals surface area contributed by atoms with Gasteiger partial charge in [0, 0.05) is 24.0 Å². The van der Waals surface area contributed by atoms with E-state index in [0.717, 1.165) is 42.0 Å². The molecule has 0 amide bonds. The van der Waals surface area contributed by atoms with Crippen molar-refractivity contribution in [2.75, 3.05) is 6.61 Å². The minimum Gasteiger partial charge on any atom is -0.493 e. The average molecular weight is 454 g/mol. The number of nitrogens with one attached hydrogen (secondary N) is 1. The summed E-state index contributed by atoms with van der Waals surface area (Å²) in [7, 11) is 0. The number of para-hydroxylation sites is 1.